The largest absolute Gasteiger partial charge is 0.383 e. The van der Waals surface area contributed by atoms with Crippen molar-refractivity contribution in [2.24, 2.45) is 0 Å². The Labute approximate surface area is 209 Å². The Morgan fingerprint density at radius 1 is 0.853 bits per heavy atom. The van der Waals surface area contributed by atoms with Crippen LogP contribution in [0.15, 0.2) is 47.4 Å². The second kappa shape index (κ2) is 16.3. The second-order valence-corrected chi connectivity index (χ2v) is 9.75. The SMILES string of the molecule is CCCCCCCCCCSc1ccc(C(=O)Nc2cc(C(=O)NCCOC)ccc2C)cc1. The molecule has 0 aliphatic heterocycles. The number of carbonyl (C=O) groups excluding carboxylic acids is 2. The van der Waals surface area contributed by atoms with E-state index in [1.807, 2.05) is 49.0 Å². The van der Waals surface area contributed by atoms with E-state index in [1.165, 1.54) is 56.3 Å². The van der Waals surface area contributed by atoms with Gasteiger partial charge in [0, 0.05) is 35.4 Å². The van der Waals surface area contributed by atoms with E-state index in [2.05, 4.69) is 17.6 Å². The topological polar surface area (TPSA) is 67.4 Å². The highest BCUT2D eigenvalue weighted by Gasteiger charge is 2.11. The standard InChI is InChI=1S/C28H40N2O3S/c1-4-5-6-7-8-9-10-11-20-34-25-16-14-23(15-17-25)28(32)30-26-21-24(13-12-22(26)2)27(31)29-18-19-33-3/h12-17,21H,4-11,18-20H2,1-3H3,(H,29,31)(H,30,32). The predicted molar refractivity (Wildman–Crippen MR) is 143 cm³/mol. The van der Waals surface area contributed by atoms with Crippen molar-refractivity contribution >= 4 is 29.3 Å². The van der Waals surface area contributed by atoms with Crippen molar-refractivity contribution < 1.29 is 14.3 Å². The summed E-state index contributed by atoms with van der Waals surface area (Å²) in [4.78, 5) is 26.2. The summed E-state index contributed by atoms with van der Waals surface area (Å²) in [7, 11) is 1.59. The maximum Gasteiger partial charge on any atom is 0.255 e. The molecule has 0 fully saturated rings. The van der Waals surface area contributed by atoms with Gasteiger partial charge in [-0.2, -0.15) is 0 Å². The van der Waals surface area contributed by atoms with Gasteiger partial charge < -0.3 is 15.4 Å². The minimum Gasteiger partial charge on any atom is -0.383 e. The van der Waals surface area contributed by atoms with Crippen molar-refractivity contribution in [2.75, 3.05) is 31.3 Å². The van der Waals surface area contributed by atoms with Crippen LogP contribution in [0.2, 0.25) is 0 Å². The van der Waals surface area contributed by atoms with Gasteiger partial charge in [-0.05, 0) is 61.1 Å². The third kappa shape index (κ3) is 10.3. The summed E-state index contributed by atoms with van der Waals surface area (Å²) in [6.45, 7) is 5.06. The molecular formula is C28H40N2O3S. The Hall–Kier alpha value is -2.31. The Balaban J connectivity index is 1.79. The lowest BCUT2D eigenvalue weighted by Gasteiger charge is -2.11. The molecular weight excluding hydrogens is 444 g/mol. The van der Waals surface area contributed by atoms with E-state index in [1.54, 1.807) is 19.2 Å². The maximum absolute atomic E-state index is 12.8. The highest BCUT2D eigenvalue weighted by Crippen LogP contribution is 2.22. The van der Waals surface area contributed by atoms with Gasteiger partial charge in [0.25, 0.3) is 11.8 Å². The molecule has 0 heterocycles. The number of carbonyl (C=O) groups is 2. The average Bonchev–Trinajstić information content (AvgIpc) is 2.84. The molecule has 34 heavy (non-hydrogen) atoms. The van der Waals surface area contributed by atoms with Crippen LogP contribution in [0.4, 0.5) is 5.69 Å². The number of rotatable bonds is 16. The lowest BCUT2D eigenvalue weighted by atomic mass is 10.1. The van der Waals surface area contributed by atoms with Gasteiger partial charge in [0.15, 0.2) is 0 Å². The number of methoxy groups -OCH3 is 1. The summed E-state index contributed by atoms with van der Waals surface area (Å²) in [5.74, 6) is 0.740. The molecule has 2 N–H and O–H groups in total. The molecule has 0 unspecified atom stereocenters. The molecule has 0 aliphatic carbocycles. The first-order valence-electron chi connectivity index (χ1n) is 12.5. The molecule has 186 valence electrons. The normalized spacial score (nSPS) is 10.8. The number of hydrogen-bond acceptors (Lipinski definition) is 4. The summed E-state index contributed by atoms with van der Waals surface area (Å²) < 4.78 is 4.96. The smallest absolute Gasteiger partial charge is 0.255 e. The summed E-state index contributed by atoms with van der Waals surface area (Å²) in [6.07, 6.45) is 10.6. The van der Waals surface area contributed by atoms with Crippen molar-refractivity contribution in [1.29, 1.82) is 0 Å². The van der Waals surface area contributed by atoms with Crippen LogP contribution in [0.5, 0.6) is 0 Å². The van der Waals surface area contributed by atoms with E-state index in [0.29, 0.717) is 30.0 Å². The molecule has 2 rings (SSSR count). The van der Waals surface area contributed by atoms with E-state index in [4.69, 9.17) is 4.74 Å². The number of anilines is 1. The minimum atomic E-state index is -0.189. The van der Waals surface area contributed by atoms with E-state index >= 15 is 0 Å². The highest BCUT2D eigenvalue weighted by atomic mass is 32.2. The quantitative estimate of drug-likeness (QED) is 0.202. The lowest BCUT2D eigenvalue weighted by Crippen LogP contribution is -2.27. The Morgan fingerprint density at radius 2 is 1.50 bits per heavy atom. The summed E-state index contributed by atoms with van der Waals surface area (Å²) in [5.41, 5.74) is 2.65. The van der Waals surface area contributed by atoms with Crippen LogP contribution in [-0.4, -0.2) is 37.8 Å². The number of hydrogen-bond donors (Lipinski definition) is 2. The van der Waals surface area contributed by atoms with Gasteiger partial charge in [-0.15, -0.1) is 11.8 Å². The Bertz CT molecular complexity index is 884. The van der Waals surface area contributed by atoms with Gasteiger partial charge in [0.2, 0.25) is 0 Å². The monoisotopic (exact) mass is 484 g/mol. The van der Waals surface area contributed by atoms with Crippen molar-refractivity contribution in [3.8, 4) is 0 Å². The summed E-state index contributed by atoms with van der Waals surface area (Å²) in [5, 5.41) is 5.74. The molecule has 0 atom stereocenters. The Morgan fingerprint density at radius 3 is 2.18 bits per heavy atom. The van der Waals surface area contributed by atoms with Gasteiger partial charge in [-0.25, -0.2) is 0 Å². The third-order valence-corrected chi connectivity index (χ3v) is 6.82. The van der Waals surface area contributed by atoms with Crippen LogP contribution in [0, 0.1) is 6.92 Å². The van der Waals surface area contributed by atoms with Crippen molar-refractivity contribution in [1.82, 2.24) is 5.32 Å². The fourth-order valence-electron chi connectivity index (χ4n) is 3.59. The van der Waals surface area contributed by atoms with Crippen LogP contribution in [0.25, 0.3) is 0 Å². The lowest BCUT2D eigenvalue weighted by molar-refractivity contribution is 0.0936. The number of nitrogens with one attached hydrogen (secondary N) is 2. The number of ether oxygens (including phenoxy) is 1. The van der Waals surface area contributed by atoms with Crippen LogP contribution in [0.1, 0.15) is 84.6 Å². The van der Waals surface area contributed by atoms with Gasteiger partial charge in [-0.1, -0.05) is 57.9 Å². The molecule has 0 radical (unpaired) electrons. The molecule has 6 heteroatoms. The number of aryl methyl sites for hydroxylation is 1. The Kier molecular flexibility index (Phi) is 13.4. The molecule has 0 bridgehead atoms. The van der Waals surface area contributed by atoms with E-state index in [0.717, 1.165) is 11.3 Å². The first-order chi connectivity index (χ1) is 16.5. The molecule has 0 saturated carbocycles. The first kappa shape index (κ1) is 27.9. The molecule has 0 aliphatic rings. The van der Waals surface area contributed by atoms with E-state index < -0.39 is 0 Å². The van der Waals surface area contributed by atoms with E-state index in [-0.39, 0.29) is 11.8 Å². The number of thioether (sulfide) groups is 1. The molecule has 0 spiro atoms. The molecule has 5 nitrogen and oxygen atoms in total. The molecule has 2 amide bonds. The minimum absolute atomic E-state index is 0.181. The van der Waals surface area contributed by atoms with Crippen molar-refractivity contribution in [3.05, 3.63) is 59.2 Å². The number of unbranched alkanes of at least 4 members (excludes halogenated alkanes) is 7. The van der Waals surface area contributed by atoms with Gasteiger partial charge in [0.1, 0.15) is 0 Å². The third-order valence-electron chi connectivity index (χ3n) is 5.72. The summed E-state index contributed by atoms with van der Waals surface area (Å²) in [6, 6.07) is 13.1. The predicted octanol–water partition coefficient (Wildman–Crippen LogP) is 6.86. The fraction of sp³-hybridized carbons (Fsp3) is 0.500. The number of benzene rings is 2. The fourth-order valence-corrected chi connectivity index (χ4v) is 4.50. The first-order valence-corrected chi connectivity index (χ1v) is 13.5. The van der Waals surface area contributed by atoms with Crippen LogP contribution in [0.3, 0.4) is 0 Å². The van der Waals surface area contributed by atoms with Gasteiger partial charge in [-0.3, -0.25) is 9.59 Å². The molecule has 0 aromatic heterocycles. The van der Waals surface area contributed by atoms with Gasteiger partial charge in [0.05, 0.1) is 6.61 Å². The van der Waals surface area contributed by atoms with Crippen LogP contribution in [-0.2, 0) is 4.74 Å². The zero-order valence-corrected chi connectivity index (χ0v) is 21.8. The molecule has 2 aromatic carbocycles. The van der Waals surface area contributed by atoms with Crippen molar-refractivity contribution in [3.63, 3.8) is 0 Å². The molecule has 2 aromatic rings. The average molecular weight is 485 g/mol. The second-order valence-electron chi connectivity index (χ2n) is 8.58. The highest BCUT2D eigenvalue weighted by molar-refractivity contribution is 7.99. The van der Waals surface area contributed by atoms with Gasteiger partial charge >= 0.3 is 0 Å². The zero-order chi connectivity index (χ0) is 24.6. The van der Waals surface area contributed by atoms with Crippen molar-refractivity contribution in [2.45, 2.75) is 70.1 Å². The summed E-state index contributed by atoms with van der Waals surface area (Å²) >= 11 is 1.85. The zero-order valence-electron chi connectivity index (χ0n) is 21.0. The van der Waals surface area contributed by atoms with Crippen LogP contribution < -0.4 is 10.6 Å². The number of amides is 2. The molecule has 0 saturated heterocycles. The maximum atomic E-state index is 12.8. The van der Waals surface area contributed by atoms with E-state index in [9.17, 15) is 9.59 Å². The van der Waals surface area contributed by atoms with Crippen LogP contribution >= 0.6 is 11.8 Å².